The molecule has 7 nitrogen and oxygen atoms in total. The minimum Gasteiger partial charge on any atom is -0.369 e. The van der Waals surface area contributed by atoms with Gasteiger partial charge in [-0.3, -0.25) is 4.79 Å². The van der Waals surface area contributed by atoms with Gasteiger partial charge in [-0.05, 0) is 27.2 Å². The van der Waals surface area contributed by atoms with E-state index in [1.165, 1.54) is 4.90 Å². The van der Waals surface area contributed by atoms with Gasteiger partial charge in [0.1, 0.15) is 18.2 Å². The van der Waals surface area contributed by atoms with E-state index in [-0.39, 0.29) is 24.2 Å². The molecular formula is C18H30N4O3. The summed E-state index contributed by atoms with van der Waals surface area (Å²) in [5.41, 5.74) is 0.722. The maximum absolute atomic E-state index is 11.6. The fourth-order valence-corrected chi connectivity index (χ4v) is 2.92. The number of rotatable bonds is 6. The Kier molecular flexibility index (Phi) is 6.35. The van der Waals surface area contributed by atoms with Crippen molar-refractivity contribution >= 4 is 11.7 Å². The minimum atomic E-state index is -0.316. The molecule has 7 heteroatoms. The molecular weight excluding hydrogens is 320 g/mol. The molecule has 1 amide bonds. The molecule has 1 aliphatic heterocycles. The van der Waals surface area contributed by atoms with E-state index >= 15 is 0 Å². The molecule has 0 bridgehead atoms. The van der Waals surface area contributed by atoms with Crippen molar-refractivity contribution in [1.29, 1.82) is 0 Å². The van der Waals surface area contributed by atoms with Crippen LogP contribution in [0, 0.1) is 6.92 Å². The molecule has 0 saturated carbocycles. The first-order valence-corrected chi connectivity index (χ1v) is 8.75. The van der Waals surface area contributed by atoms with Crippen LogP contribution in [0.1, 0.15) is 32.3 Å². The first-order valence-electron chi connectivity index (χ1n) is 8.75. The number of aryl methyl sites for hydroxylation is 2. The maximum Gasteiger partial charge on any atom is 0.248 e. The summed E-state index contributed by atoms with van der Waals surface area (Å²) >= 11 is 0. The number of carbonyl (C=O) groups is 1. The van der Waals surface area contributed by atoms with E-state index in [9.17, 15) is 4.79 Å². The molecule has 1 atom stereocenters. The van der Waals surface area contributed by atoms with Crippen LogP contribution in [-0.4, -0.2) is 72.9 Å². The normalized spacial score (nSPS) is 19.8. The van der Waals surface area contributed by atoms with Gasteiger partial charge in [-0.2, -0.15) is 0 Å². The topological polar surface area (TPSA) is 67.8 Å². The second-order valence-corrected chi connectivity index (χ2v) is 7.30. The number of carbonyl (C=O) groups excluding carboxylic acids is 1. The first-order chi connectivity index (χ1) is 11.7. The fraction of sp³-hybridized carbons (Fsp3) is 0.722. The van der Waals surface area contributed by atoms with Gasteiger partial charge in [-0.25, -0.2) is 9.97 Å². The summed E-state index contributed by atoms with van der Waals surface area (Å²) < 4.78 is 11.7. The number of amides is 1. The smallest absolute Gasteiger partial charge is 0.248 e. The van der Waals surface area contributed by atoms with E-state index in [2.05, 4.69) is 35.6 Å². The van der Waals surface area contributed by atoms with E-state index < -0.39 is 0 Å². The first kappa shape index (κ1) is 19.6. The summed E-state index contributed by atoms with van der Waals surface area (Å²) in [6.07, 6.45) is 0.766. The number of likely N-dealkylation sites (N-methyl/N-ethyl adjacent to an activating group) is 1. The Morgan fingerprint density at radius 2 is 2.16 bits per heavy atom. The van der Waals surface area contributed by atoms with Crippen molar-refractivity contribution in [1.82, 2.24) is 14.9 Å². The predicted octanol–water partition coefficient (Wildman–Crippen LogP) is 1.44. The van der Waals surface area contributed by atoms with Gasteiger partial charge in [0.15, 0.2) is 0 Å². The molecule has 1 aliphatic rings. The number of morpholine rings is 1. The minimum absolute atomic E-state index is 0.0501. The lowest BCUT2D eigenvalue weighted by Crippen LogP contribution is -2.54. The lowest BCUT2D eigenvalue weighted by atomic mass is 10.1. The molecule has 2 heterocycles. The average molecular weight is 350 g/mol. The number of aromatic nitrogens is 2. The number of hydrogen-bond acceptors (Lipinski definition) is 6. The molecule has 25 heavy (non-hydrogen) atoms. The van der Waals surface area contributed by atoms with Crippen molar-refractivity contribution in [2.24, 2.45) is 0 Å². The van der Waals surface area contributed by atoms with Crippen LogP contribution in [0.5, 0.6) is 0 Å². The van der Waals surface area contributed by atoms with E-state index in [1.54, 1.807) is 14.1 Å². The molecule has 140 valence electrons. The van der Waals surface area contributed by atoms with Crippen molar-refractivity contribution in [3.8, 4) is 0 Å². The van der Waals surface area contributed by atoms with Crippen LogP contribution in [0.4, 0.5) is 5.82 Å². The van der Waals surface area contributed by atoms with Gasteiger partial charge < -0.3 is 19.3 Å². The maximum atomic E-state index is 11.6. The van der Waals surface area contributed by atoms with Crippen molar-refractivity contribution in [3.63, 3.8) is 0 Å². The Morgan fingerprint density at radius 3 is 2.80 bits per heavy atom. The van der Waals surface area contributed by atoms with Gasteiger partial charge in [0.05, 0.1) is 18.3 Å². The zero-order chi connectivity index (χ0) is 18.6. The van der Waals surface area contributed by atoms with Gasteiger partial charge in [0.2, 0.25) is 5.91 Å². The summed E-state index contributed by atoms with van der Waals surface area (Å²) in [5, 5.41) is 0. The molecule has 1 aromatic rings. The lowest BCUT2D eigenvalue weighted by molar-refractivity contribution is -0.139. The molecule has 0 aromatic carbocycles. The molecule has 1 saturated heterocycles. The number of anilines is 1. The van der Waals surface area contributed by atoms with Crippen molar-refractivity contribution in [2.75, 3.05) is 45.3 Å². The number of hydrogen-bond donors (Lipinski definition) is 0. The monoisotopic (exact) mass is 350 g/mol. The SMILES string of the molecule is CCc1cc(N2CC(COCC(=O)N(C)C)OC(C)(C)C2)nc(C)n1. The molecule has 0 aliphatic carbocycles. The van der Waals surface area contributed by atoms with E-state index in [1.807, 2.05) is 13.0 Å². The Labute approximate surface area is 150 Å². The zero-order valence-electron chi connectivity index (χ0n) is 16.2. The van der Waals surface area contributed by atoms with Gasteiger partial charge in [-0.1, -0.05) is 6.92 Å². The van der Waals surface area contributed by atoms with E-state index in [0.29, 0.717) is 13.2 Å². The number of ether oxygens (including phenoxy) is 2. The van der Waals surface area contributed by atoms with Crippen LogP contribution in [0.25, 0.3) is 0 Å². The zero-order valence-corrected chi connectivity index (χ0v) is 16.2. The van der Waals surface area contributed by atoms with Gasteiger partial charge in [0, 0.05) is 38.9 Å². The summed E-state index contributed by atoms with van der Waals surface area (Å²) in [5.74, 6) is 1.66. The highest BCUT2D eigenvalue weighted by molar-refractivity contribution is 5.76. The van der Waals surface area contributed by atoms with Gasteiger partial charge in [-0.15, -0.1) is 0 Å². The quantitative estimate of drug-likeness (QED) is 0.773. The Balaban J connectivity index is 2.05. The third-order valence-electron chi connectivity index (χ3n) is 4.07. The van der Waals surface area contributed by atoms with Crippen LogP contribution in [-0.2, 0) is 20.7 Å². The summed E-state index contributed by atoms with van der Waals surface area (Å²) in [6, 6.07) is 2.04. The van der Waals surface area contributed by atoms with E-state index in [0.717, 1.165) is 30.3 Å². The molecule has 0 spiro atoms. The highest BCUT2D eigenvalue weighted by atomic mass is 16.5. The summed E-state index contributed by atoms with van der Waals surface area (Å²) in [4.78, 5) is 24.4. The fourth-order valence-electron chi connectivity index (χ4n) is 2.92. The van der Waals surface area contributed by atoms with Crippen LogP contribution in [0.15, 0.2) is 6.07 Å². The highest BCUT2D eigenvalue weighted by Gasteiger charge is 2.34. The van der Waals surface area contributed by atoms with Gasteiger partial charge in [0.25, 0.3) is 0 Å². The van der Waals surface area contributed by atoms with Crippen molar-refractivity contribution in [2.45, 2.75) is 45.8 Å². The van der Waals surface area contributed by atoms with Crippen LogP contribution >= 0.6 is 0 Å². The second kappa shape index (κ2) is 8.10. The van der Waals surface area contributed by atoms with E-state index in [4.69, 9.17) is 9.47 Å². The van der Waals surface area contributed by atoms with Crippen LogP contribution in [0.3, 0.4) is 0 Å². The van der Waals surface area contributed by atoms with Crippen molar-refractivity contribution in [3.05, 3.63) is 17.6 Å². The molecule has 1 fully saturated rings. The molecule has 1 unspecified atom stereocenters. The third-order valence-corrected chi connectivity index (χ3v) is 4.07. The lowest BCUT2D eigenvalue weighted by Gasteiger charge is -2.43. The number of nitrogens with zero attached hydrogens (tertiary/aromatic N) is 4. The molecule has 2 rings (SSSR count). The Bertz CT molecular complexity index is 604. The van der Waals surface area contributed by atoms with Crippen LogP contribution < -0.4 is 4.90 Å². The Hall–Kier alpha value is -1.73. The van der Waals surface area contributed by atoms with Gasteiger partial charge >= 0.3 is 0 Å². The standard InChI is InChI=1S/C18H30N4O3/c1-7-14-8-16(20-13(2)19-14)22-9-15(25-18(3,4)12-22)10-24-11-17(23)21(5)6/h8,15H,7,9-12H2,1-6H3. The molecule has 1 aromatic heterocycles. The molecule has 0 radical (unpaired) electrons. The largest absolute Gasteiger partial charge is 0.369 e. The average Bonchev–Trinajstić information content (AvgIpc) is 2.52. The summed E-state index contributed by atoms with van der Waals surface area (Å²) in [6.45, 7) is 10.0. The third kappa shape index (κ3) is 5.64. The molecule has 0 N–H and O–H groups in total. The summed E-state index contributed by atoms with van der Waals surface area (Å²) in [7, 11) is 3.44. The Morgan fingerprint density at radius 1 is 1.44 bits per heavy atom. The highest BCUT2D eigenvalue weighted by Crippen LogP contribution is 2.25. The van der Waals surface area contributed by atoms with Crippen molar-refractivity contribution < 1.29 is 14.3 Å². The predicted molar refractivity (Wildman–Crippen MR) is 96.8 cm³/mol. The second-order valence-electron chi connectivity index (χ2n) is 7.30. The van der Waals surface area contributed by atoms with Crippen LogP contribution in [0.2, 0.25) is 0 Å².